The Morgan fingerprint density at radius 2 is 2.05 bits per heavy atom. The van der Waals surface area contributed by atoms with Gasteiger partial charge < -0.3 is 9.84 Å². The fraction of sp³-hybridized carbons (Fsp3) is 0.500. The molecule has 0 radical (unpaired) electrons. The van der Waals surface area contributed by atoms with E-state index >= 15 is 0 Å². The highest BCUT2D eigenvalue weighted by molar-refractivity contribution is 5.18. The summed E-state index contributed by atoms with van der Waals surface area (Å²) in [7, 11) is 0. The third-order valence-electron chi connectivity index (χ3n) is 4.10. The van der Waals surface area contributed by atoms with Crippen LogP contribution in [0, 0.1) is 5.41 Å². The minimum Gasteiger partial charge on any atom is -0.338 e. The van der Waals surface area contributed by atoms with Crippen LogP contribution in [0.4, 0.5) is 0 Å². The van der Waals surface area contributed by atoms with Crippen LogP contribution in [0.15, 0.2) is 34.9 Å². The lowest BCUT2D eigenvalue weighted by molar-refractivity contribution is 0.154. The number of nitrogens with zero attached hydrogens (tertiary/aromatic N) is 2. The third kappa shape index (κ3) is 3.25. The topological polar surface area (TPSA) is 51.0 Å². The molecule has 1 N–H and O–H groups in total. The number of nitrogens with one attached hydrogen (secondary N) is 1. The van der Waals surface area contributed by atoms with Crippen molar-refractivity contribution in [2.45, 2.75) is 39.2 Å². The van der Waals surface area contributed by atoms with Crippen molar-refractivity contribution in [3.05, 3.63) is 47.6 Å². The van der Waals surface area contributed by atoms with Crippen molar-refractivity contribution in [3.63, 3.8) is 0 Å². The fourth-order valence-electron chi connectivity index (χ4n) is 2.64. The van der Waals surface area contributed by atoms with Crippen molar-refractivity contribution in [3.8, 4) is 0 Å². The predicted octanol–water partition coefficient (Wildman–Crippen LogP) is 2.94. The summed E-state index contributed by atoms with van der Waals surface area (Å²) in [5.74, 6) is 1.43. The molecule has 1 aromatic heterocycles. The molecule has 3 rings (SSSR count). The average molecular weight is 271 g/mol. The molecular weight excluding hydrogens is 250 g/mol. The Bertz CT molecular complexity index is 546. The first-order valence-electron chi connectivity index (χ1n) is 7.30. The summed E-state index contributed by atoms with van der Waals surface area (Å²) in [4.78, 5) is 4.43. The normalized spacial score (nSPS) is 16.9. The Kier molecular flexibility index (Phi) is 3.83. The van der Waals surface area contributed by atoms with E-state index in [0.717, 1.165) is 18.8 Å². The Labute approximate surface area is 119 Å². The van der Waals surface area contributed by atoms with E-state index in [-0.39, 0.29) is 0 Å². The number of aromatic nitrogens is 2. The monoisotopic (exact) mass is 271 g/mol. The maximum atomic E-state index is 5.28. The molecular formula is C16H21N3O. The molecule has 0 aliphatic heterocycles. The van der Waals surface area contributed by atoms with Crippen LogP contribution >= 0.6 is 0 Å². The van der Waals surface area contributed by atoms with Crippen LogP contribution in [0.1, 0.15) is 43.5 Å². The third-order valence-corrected chi connectivity index (χ3v) is 4.10. The van der Waals surface area contributed by atoms with Crippen molar-refractivity contribution in [2.75, 3.05) is 6.54 Å². The summed E-state index contributed by atoms with van der Waals surface area (Å²) in [6, 6.07) is 10.2. The minimum absolute atomic E-state index is 0.479. The zero-order valence-electron chi connectivity index (χ0n) is 11.9. The molecule has 2 aromatic rings. The van der Waals surface area contributed by atoms with Crippen molar-refractivity contribution in [2.24, 2.45) is 5.41 Å². The summed E-state index contributed by atoms with van der Waals surface area (Å²) in [5.41, 5.74) is 1.68. The lowest BCUT2D eigenvalue weighted by atomic mass is 9.70. The fourth-order valence-corrected chi connectivity index (χ4v) is 2.64. The van der Waals surface area contributed by atoms with E-state index in [9.17, 15) is 0 Å². The summed E-state index contributed by atoms with van der Waals surface area (Å²) < 4.78 is 5.28. The van der Waals surface area contributed by atoms with Crippen LogP contribution in [0.2, 0.25) is 0 Å². The summed E-state index contributed by atoms with van der Waals surface area (Å²) in [6.45, 7) is 4.03. The number of benzene rings is 1. The van der Waals surface area contributed by atoms with Crippen LogP contribution in [0.25, 0.3) is 0 Å². The SMILES string of the molecule is CC1(CNCc2nc(Cc3ccccc3)no2)CCC1. The first kappa shape index (κ1) is 13.3. The maximum Gasteiger partial charge on any atom is 0.240 e. The van der Waals surface area contributed by atoms with Crippen LogP contribution in [0.3, 0.4) is 0 Å². The highest BCUT2D eigenvalue weighted by Crippen LogP contribution is 2.39. The molecule has 4 nitrogen and oxygen atoms in total. The molecule has 1 heterocycles. The molecule has 0 unspecified atom stereocenters. The second kappa shape index (κ2) is 5.75. The van der Waals surface area contributed by atoms with Gasteiger partial charge in [0.2, 0.25) is 5.89 Å². The molecule has 4 heteroatoms. The molecule has 1 aliphatic rings. The molecule has 1 aromatic carbocycles. The molecule has 0 spiro atoms. The van der Waals surface area contributed by atoms with E-state index in [0.29, 0.717) is 17.9 Å². The van der Waals surface area contributed by atoms with E-state index in [1.807, 2.05) is 18.2 Å². The van der Waals surface area contributed by atoms with Gasteiger partial charge in [-0.15, -0.1) is 0 Å². The molecule has 1 fully saturated rings. The second-order valence-corrected chi connectivity index (χ2v) is 6.03. The lowest BCUT2D eigenvalue weighted by Gasteiger charge is -2.38. The molecule has 0 atom stereocenters. The van der Waals surface area contributed by atoms with Gasteiger partial charge in [-0.3, -0.25) is 0 Å². The zero-order valence-corrected chi connectivity index (χ0v) is 11.9. The first-order valence-corrected chi connectivity index (χ1v) is 7.30. The van der Waals surface area contributed by atoms with Gasteiger partial charge in [-0.2, -0.15) is 4.98 Å². The minimum atomic E-state index is 0.479. The number of rotatable bonds is 6. The van der Waals surface area contributed by atoms with Gasteiger partial charge >= 0.3 is 0 Å². The summed E-state index contributed by atoms with van der Waals surface area (Å²) in [5, 5.41) is 7.46. The molecule has 0 amide bonds. The van der Waals surface area contributed by atoms with Crippen molar-refractivity contribution >= 4 is 0 Å². The number of hydrogen-bond acceptors (Lipinski definition) is 4. The van der Waals surface area contributed by atoms with Gasteiger partial charge in [-0.05, 0) is 23.8 Å². The van der Waals surface area contributed by atoms with Crippen molar-refractivity contribution < 1.29 is 4.52 Å². The van der Waals surface area contributed by atoms with Gasteiger partial charge in [-0.25, -0.2) is 0 Å². The Morgan fingerprint density at radius 1 is 1.25 bits per heavy atom. The summed E-state index contributed by atoms with van der Waals surface area (Å²) in [6.07, 6.45) is 4.73. The van der Waals surface area contributed by atoms with Gasteiger partial charge in [0.25, 0.3) is 0 Å². The molecule has 106 valence electrons. The largest absolute Gasteiger partial charge is 0.338 e. The molecule has 20 heavy (non-hydrogen) atoms. The quantitative estimate of drug-likeness (QED) is 0.877. The Morgan fingerprint density at radius 3 is 2.75 bits per heavy atom. The van der Waals surface area contributed by atoms with Crippen LogP contribution in [-0.2, 0) is 13.0 Å². The highest BCUT2D eigenvalue weighted by atomic mass is 16.5. The number of hydrogen-bond donors (Lipinski definition) is 1. The second-order valence-electron chi connectivity index (χ2n) is 6.03. The molecule has 0 bridgehead atoms. The Balaban J connectivity index is 1.49. The van der Waals surface area contributed by atoms with Crippen LogP contribution < -0.4 is 5.32 Å². The van der Waals surface area contributed by atoms with Gasteiger partial charge in [-0.1, -0.05) is 48.8 Å². The standard InChI is InChI=1S/C16H21N3O/c1-16(8-5-9-16)12-17-11-15-18-14(19-20-15)10-13-6-3-2-4-7-13/h2-4,6-7,17H,5,8-12H2,1H3. The molecule has 1 saturated carbocycles. The van der Waals surface area contributed by atoms with E-state index in [1.54, 1.807) is 0 Å². The zero-order chi connectivity index (χ0) is 13.8. The van der Waals surface area contributed by atoms with Crippen LogP contribution in [-0.4, -0.2) is 16.7 Å². The molecule has 1 aliphatic carbocycles. The highest BCUT2D eigenvalue weighted by Gasteiger charge is 2.31. The van der Waals surface area contributed by atoms with Gasteiger partial charge in [0.05, 0.1) is 6.54 Å². The van der Waals surface area contributed by atoms with E-state index in [1.165, 1.54) is 24.8 Å². The van der Waals surface area contributed by atoms with E-state index < -0.39 is 0 Å². The van der Waals surface area contributed by atoms with Crippen molar-refractivity contribution in [1.82, 2.24) is 15.5 Å². The van der Waals surface area contributed by atoms with Crippen LogP contribution in [0.5, 0.6) is 0 Å². The van der Waals surface area contributed by atoms with Crippen molar-refractivity contribution in [1.29, 1.82) is 0 Å². The molecule has 0 saturated heterocycles. The van der Waals surface area contributed by atoms with E-state index in [2.05, 4.69) is 34.5 Å². The van der Waals surface area contributed by atoms with Gasteiger partial charge in [0, 0.05) is 13.0 Å². The maximum absolute atomic E-state index is 5.28. The predicted molar refractivity (Wildman–Crippen MR) is 77.2 cm³/mol. The van der Waals surface area contributed by atoms with Gasteiger partial charge in [0.1, 0.15) is 0 Å². The lowest BCUT2D eigenvalue weighted by Crippen LogP contribution is -2.37. The first-order chi connectivity index (χ1) is 9.73. The Hall–Kier alpha value is -1.68. The average Bonchev–Trinajstić information content (AvgIpc) is 2.85. The summed E-state index contributed by atoms with van der Waals surface area (Å²) >= 11 is 0. The smallest absolute Gasteiger partial charge is 0.240 e. The van der Waals surface area contributed by atoms with E-state index in [4.69, 9.17) is 4.52 Å². The van der Waals surface area contributed by atoms with Gasteiger partial charge in [0.15, 0.2) is 5.82 Å².